The van der Waals surface area contributed by atoms with Crippen LogP contribution in [0.3, 0.4) is 0 Å². The molecule has 2 atom stereocenters. The van der Waals surface area contributed by atoms with Crippen molar-refractivity contribution in [1.82, 2.24) is 10.3 Å². The highest BCUT2D eigenvalue weighted by Crippen LogP contribution is 2.24. The first-order chi connectivity index (χ1) is 9.94. The number of aromatic nitrogens is 1. The summed E-state index contributed by atoms with van der Waals surface area (Å²) in [5, 5.41) is 2.82. The molecule has 1 aliphatic carbocycles. The van der Waals surface area contributed by atoms with E-state index in [1.54, 1.807) is 18.3 Å². The van der Waals surface area contributed by atoms with Crippen LogP contribution < -0.4 is 5.32 Å². The summed E-state index contributed by atoms with van der Waals surface area (Å²) in [5.41, 5.74) is 0.441. The van der Waals surface area contributed by atoms with Gasteiger partial charge in [0.05, 0.1) is 11.7 Å². The molecule has 1 heterocycles. The fourth-order valence-corrected chi connectivity index (χ4v) is 2.41. The molecule has 0 saturated heterocycles. The van der Waals surface area contributed by atoms with Crippen molar-refractivity contribution >= 4 is 5.91 Å². The number of pyridine rings is 1. The first kappa shape index (κ1) is 15.8. The molecule has 1 fully saturated rings. The Balaban J connectivity index is 1.82. The van der Waals surface area contributed by atoms with Gasteiger partial charge in [0.1, 0.15) is 6.61 Å². The van der Waals surface area contributed by atoms with Crippen LogP contribution >= 0.6 is 0 Å². The molecule has 4 nitrogen and oxygen atoms in total. The molecule has 7 heteroatoms. The first-order valence-corrected chi connectivity index (χ1v) is 6.83. The van der Waals surface area contributed by atoms with Gasteiger partial charge in [-0.3, -0.25) is 9.78 Å². The Morgan fingerprint density at radius 3 is 2.90 bits per heavy atom. The van der Waals surface area contributed by atoms with E-state index in [9.17, 15) is 18.0 Å². The SMILES string of the molecule is O=C(NC1CCCC(OCC(F)(F)F)C1)c1cccnc1. The lowest BCUT2D eigenvalue weighted by Crippen LogP contribution is -2.41. The van der Waals surface area contributed by atoms with Crippen molar-refractivity contribution in [3.63, 3.8) is 0 Å². The summed E-state index contributed by atoms with van der Waals surface area (Å²) in [6.07, 6.45) is 0.732. The molecule has 0 aliphatic heterocycles. The summed E-state index contributed by atoms with van der Waals surface area (Å²) in [5.74, 6) is -0.260. The summed E-state index contributed by atoms with van der Waals surface area (Å²) in [4.78, 5) is 15.8. The summed E-state index contributed by atoms with van der Waals surface area (Å²) in [6, 6.07) is 3.14. The molecule has 21 heavy (non-hydrogen) atoms. The van der Waals surface area contributed by atoms with Gasteiger partial charge < -0.3 is 10.1 Å². The summed E-state index contributed by atoms with van der Waals surface area (Å²) in [7, 11) is 0. The molecule has 1 aliphatic rings. The van der Waals surface area contributed by atoms with Gasteiger partial charge in [-0.15, -0.1) is 0 Å². The molecule has 0 spiro atoms. The Morgan fingerprint density at radius 2 is 2.24 bits per heavy atom. The van der Waals surface area contributed by atoms with Crippen molar-refractivity contribution < 1.29 is 22.7 Å². The van der Waals surface area contributed by atoms with Gasteiger partial charge >= 0.3 is 6.18 Å². The number of alkyl halides is 3. The second-order valence-electron chi connectivity index (χ2n) is 5.13. The Morgan fingerprint density at radius 1 is 1.43 bits per heavy atom. The lowest BCUT2D eigenvalue weighted by molar-refractivity contribution is -0.188. The smallest absolute Gasteiger partial charge is 0.369 e. The number of carbonyl (C=O) groups excluding carboxylic acids is 1. The van der Waals surface area contributed by atoms with Crippen molar-refractivity contribution in [2.24, 2.45) is 0 Å². The molecule has 1 saturated carbocycles. The minimum atomic E-state index is -4.31. The van der Waals surface area contributed by atoms with Gasteiger partial charge in [-0.05, 0) is 37.8 Å². The molecule has 2 unspecified atom stereocenters. The van der Waals surface area contributed by atoms with Crippen LogP contribution in [0.5, 0.6) is 0 Å². The Hall–Kier alpha value is -1.63. The van der Waals surface area contributed by atoms with Crippen LogP contribution in [0.2, 0.25) is 0 Å². The summed E-state index contributed by atoms with van der Waals surface area (Å²) in [6.45, 7) is -1.24. The van der Waals surface area contributed by atoms with Crippen molar-refractivity contribution in [3.05, 3.63) is 30.1 Å². The van der Waals surface area contributed by atoms with Gasteiger partial charge in [-0.1, -0.05) is 0 Å². The van der Waals surface area contributed by atoms with Crippen molar-refractivity contribution in [2.45, 2.75) is 44.0 Å². The first-order valence-electron chi connectivity index (χ1n) is 6.83. The van der Waals surface area contributed by atoms with Gasteiger partial charge in [0.25, 0.3) is 5.91 Å². The minimum Gasteiger partial charge on any atom is -0.369 e. The monoisotopic (exact) mass is 302 g/mol. The molecular weight excluding hydrogens is 285 g/mol. The highest BCUT2D eigenvalue weighted by atomic mass is 19.4. The third kappa shape index (κ3) is 5.34. The number of nitrogens with one attached hydrogen (secondary N) is 1. The lowest BCUT2D eigenvalue weighted by Gasteiger charge is -2.30. The van der Waals surface area contributed by atoms with E-state index >= 15 is 0 Å². The van der Waals surface area contributed by atoms with Crippen LogP contribution in [0.15, 0.2) is 24.5 Å². The van der Waals surface area contributed by atoms with E-state index < -0.39 is 18.9 Å². The minimum absolute atomic E-state index is 0.162. The van der Waals surface area contributed by atoms with Crippen molar-refractivity contribution in [1.29, 1.82) is 0 Å². The Kier molecular flexibility index (Phi) is 5.17. The highest BCUT2D eigenvalue weighted by molar-refractivity contribution is 5.93. The zero-order valence-electron chi connectivity index (χ0n) is 11.4. The molecular formula is C14H17F3N2O2. The molecule has 0 bridgehead atoms. The number of amides is 1. The number of hydrogen-bond donors (Lipinski definition) is 1. The summed E-state index contributed by atoms with van der Waals surface area (Å²) >= 11 is 0. The second-order valence-corrected chi connectivity index (χ2v) is 5.13. The van der Waals surface area contributed by atoms with Crippen molar-refractivity contribution in [3.8, 4) is 0 Å². The second kappa shape index (κ2) is 6.89. The van der Waals surface area contributed by atoms with Crippen LogP contribution in [-0.4, -0.2) is 35.8 Å². The Bertz CT molecular complexity index is 465. The molecule has 2 rings (SSSR count). The molecule has 1 aromatic rings. The van der Waals surface area contributed by atoms with Crippen LogP contribution in [0.25, 0.3) is 0 Å². The predicted octanol–water partition coefficient (Wildman–Crippen LogP) is 2.70. The predicted molar refractivity (Wildman–Crippen MR) is 69.8 cm³/mol. The van der Waals surface area contributed by atoms with Gasteiger partial charge in [-0.25, -0.2) is 0 Å². The molecule has 116 valence electrons. The zero-order valence-corrected chi connectivity index (χ0v) is 11.4. The average Bonchev–Trinajstić information content (AvgIpc) is 2.46. The largest absolute Gasteiger partial charge is 0.411 e. The quantitative estimate of drug-likeness (QED) is 0.930. The molecule has 1 amide bonds. The van der Waals surface area contributed by atoms with Crippen LogP contribution in [0.4, 0.5) is 13.2 Å². The van der Waals surface area contributed by atoms with E-state index in [1.165, 1.54) is 6.20 Å². The van der Waals surface area contributed by atoms with Gasteiger partial charge in [0.2, 0.25) is 0 Å². The number of ether oxygens (including phenoxy) is 1. The average molecular weight is 302 g/mol. The Labute approximate surface area is 120 Å². The molecule has 1 aromatic heterocycles. The fraction of sp³-hybridized carbons (Fsp3) is 0.571. The summed E-state index contributed by atoms with van der Waals surface area (Å²) < 4.78 is 41.3. The number of carbonyl (C=O) groups is 1. The van der Waals surface area contributed by atoms with Crippen LogP contribution in [-0.2, 0) is 4.74 Å². The maximum Gasteiger partial charge on any atom is 0.411 e. The van der Waals surface area contributed by atoms with Gasteiger partial charge in [0.15, 0.2) is 0 Å². The molecule has 1 N–H and O–H groups in total. The fourth-order valence-electron chi connectivity index (χ4n) is 2.41. The number of halogens is 3. The van der Waals surface area contributed by atoms with Crippen LogP contribution in [0.1, 0.15) is 36.0 Å². The van der Waals surface area contributed by atoms with E-state index in [2.05, 4.69) is 10.3 Å². The standard InChI is InChI=1S/C14H17F3N2O2/c15-14(16,17)9-21-12-5-1-4-11(7-12)19-13(20)10-3-2-6-18-8-10/h2-3,6,8,11-12H,1,4-5,7,9H2,(H,19,20). The van der Waals surface area contributed by atoms with E-state index in [4.69, 9.17) is 4.74 Å². The van der Waals surface area contributed by atoms with E-state index in [-0.39, 0.29) is 11.9 Å². The number of nitrogens with zero attached hydrogens (tertiary/aromatic N) is 1. The third-order valence-electron chi connectivity index (χ3n) is 3.37. The molecule has 0 radical (unpaired) electrons. The van der Waals surface area contributed by atoms with Gasteiger partial charge in [-0.2, -0.15) is 13.2 Å². The highest BCUT2D eigenvalue weighted by Gasteiger charge is 2.31. The van der Waals surface area contributed by atoms with Crippen molar-refractivity contribution in [2.75, 3.05) is 6.61 Å². The number of hydrogen-bond acceptors (Lipinski definition) is 3. The van der Waals surface area contributed by atoms with Gasteiger partial charge in [0, 0.05) is 18.4 Å². The third-order valence-corrected chi connectivity index (χ3v) is 3.37. The maximum absolute atomic E-state index is 12.1. The van der Waals surface area contributed by atoms with E-state index in [0.717, 1.165) is 12.8 Å². The molecule has 0 aromatic carbocycles. The maximum atomic E-state index is 12.1. The van der Waals surface area contributed by atoms with Crippen LogP contribution in [0, 0.1) is 0 Å². The van der Waals surface area contributed by atoms with E-state index in [1.807, 2.05) is 0 Å². The topological polar surface area (TPSA) is 51.2 Å². The normalized spacial score (nSPS) is 22.8. The number of rotatable bonds is 4. The zero-order chi connectivity index (χ0) is 15.3. The lowest BCUT2D eigenvalue weighted by atomic mass is 9.92. The van der Waals surface area contributed by atoms with E-state index in [0.29, 0.717) is 18.4 Å².